The molecule has 1 aliphatic rings. The zero-order valence-corrected chi connectivity index (χ0v) is 10.3. The van der Waals surface area contributed by atoms with Crippen molar-refractivity contribution in [2.75, 3.05) is 13.7 Å². The molecule has 1 fully saturated rings. The molecule has 7 heteroatoms. The van der Waals surface area contributed by atoms with E-state index in [-0.39, 0.29) is 12.5 Å². The minimum atomic E-state index is -1.01. The smallest absolute Gasteiger partial charge is 0.412 e. The number of nitrogens with zero attached hydrogens (tertiary/aromatic N) is 2. The first-order valence-electron chi connectivity index (χ1n) is 5.62. The van der Waals surface area contributed by atoms with E-state index in [2.05, 4.69) is 4.99 Å². The quantitative estimate of drug-likeness (QED) is 0.411. The van der Waals surface area contributed by atoms with Crippen LogP contribution >= 0.6 is 0 Å². The monoisotopic (exact) mass is 240 g/mol. The maximum absolute atomic E-state index is 11.9. The Bertz CT molecular complexity index is 332. The fourth-order valence-electron chi connectivity index (χ4n) is 2.00. The van der Waals surface area contributed by atoms with Crippen LogP contribution in [0, 0.1) is 5.92 Å². The first-order chi connectivity index (χ1) is 8.02. The highest BCUT2D eigenvalue weighted by Crippen LogP contribution is 2.25. The number of hydrogen-bond acceptors (Lipinski definition) is 5. The molecule has 0 aromatic rings. The van der Waals surface area contributed by atoms with Gasteiger partial charge in [-0.15, -0.1) is 0 Å². The molecule has 0 aliphatic carbocycles. The van der Waals surface area contributed by atoms with Gasteiger partial charge in [-0.3, -0.25) is 4.79 Å². The average Bonchev–Trinajstić information content (AvgIpc) is 2.57. The van der Waals surface area contributed by atoms with E-state index in [4.69, 9.17) is 4.74 Å². The highest BCUT2D eigenvalue weighted by atomic mass is 16.5. The Balaban J connectivity index is 2.88. The van der Waals surface area contributed by atoms with Gasteiger partial charge in [0.1, 0.15) is 6.04 Å². The predicted molar refractivity (Wildman–Crippen MR) is 63.6 cm³/mol. The maximum atomic E-state index is 11.9. The van der Waals surface area contributed by atoms with Gasteiger partial charge in [-0.1, -0.05) is 0 Å². The summed E-state index contributed by atoms with van der Waals surface area (Å²) in [7, 11) is 0.560. The van der Waals surface area contributed by atoms with Gasteiger partial charge in [0, 0.05) is 13.3 Å². The molecule has 94 valence electrons. The first kappa shape index (κ1) is 13.7. The Morgan fingerprint density at radius 2 is 2.41 bits per heavy atom. The Morgan fingerprint density at radius 3 is 2.88 bits per heavy atom. The van der Waals surface area contributed by atoms with Gasteiger partial charge >= 0.3 is 13.0 Å². The van der Waals surface area contributed by atoms with Crippen LogP contribution in [-0.2, 0) is 14.3 Å². The molecule has 1 unspecified atom stereocenters. The molecule has 1 saturated heterocycles. The van der Waals surface area contributed by atoms with E-state index < -0.39 is 25.0 Å². The van der Waals surface area contributed by atoms with E-state index >= 15 is 0 Å². The number of ether oxygens (including phenoxy) is 1. The van der Waals surface area contributed by atoms with Crippen LogP contribution in [0.2, 0.25) is 6.82 Å². The fraction of sp³-hybridized carbons (Fsp3) is 0.700. The van der Waals surface area contributed by atoms with Crippen molar-refractivity contribution < 1.29 is 19.3 Å². The Labute approximate surface area is 101 Å². The molecule has 0 spiro atoms. The second kappa shape index (κ2) is 5.81. The summed E-state index contributed by atoms with van der Waals surface area (Å²) in [6, 6.07) is -0.717. The highest BCUT2D eigenvalue weighted by molar-refractivity contribution is 6.50. The molecule has 0 radical (unpaired) electrons. The third kappa shape index (κ3) is 2.85. The predicted octanol–water partition coefficient (Wildman–Crippen LogP) is -0.423. The van der Waals surface area contributed by atoms with E-state index in [1.54, 1.807) is 14.0 Å². The number of hydrogen-bond donors (Lipinski definition) is 1. The van der Waals surface area contributed by atoms with Gasteiger partial charge in [-0.25, -0.2) is 4.79 Å². The zero-order valence-electron chi connectivity index (χ0n) is 10.3. The molecular weight excluding hydrogens is 223 g/mol. The number of amides is 1. The van der Waals surface area contributed by atoms with Crippen molar-refractivity contribution in [2.24, 2.45) is 10.9 Å². The van der Waals surface area contributed by atoms with E-state index in [9.17, 15) is 14.6 Å². The van der Waals surface area contributed by atoms with E-state index in [1.165, 1.54) is 13.0 Å². The molecule has 0 aromatic carbocycles. The third-order valence-corrected chi connectivity index (χ3v) is 2.67. The summed E-state index contributed by atoms with van der Waals surface area (Å²) in [5, 5.41) is 9.55. The topological polar surface area (TPSA) is 79.2 Å². The summed E-state index contributed by atoms with van der Waals surface area (Å²) < 4.78 is 4.89. The summed E-state index contributed by atoms with van der Waals surface area (Å²) in [5.74, 6) is -1.22. The van der Waals surface area contributed by atoms with Crippen molar-refractivity contribution in [1.29, 1.82) is 0 Å². The summed E-state index contributed by atoms with van der Waals surface area (Å²) in [5.41, 5.74) is 0. The van der Waals surface area contributed by atoms with Crippen molar-refractivity contribution in [3.05, 3.63) is 0 Å². The van der Waals surface area contributed by atoms with Crippen LogP contribution in [0.1, 0.15) is 13.3 Å². The summed E-state index contributed by atoms with van der Waals surface area (Å²) in [6.45, 7) is 3.41. The van der Waals surface area contributed by atoms with Crippen molar-refractivity contribution in [1.82, 2.24) is 4.81 Å². The van der Waals surface area contributed by atoms with Crippen LogP contribution < -0.4 is 0 Å². The highest BCUT2D eigenvalue weighted by Gasteiger charge is 2.46. The zero-order chi connectivity index (χ0) is 13.0. The van der Waals surface area contributed by atoms with Gasteiger partial charge in [-0.2, -0.15) is 0 Å². The van der Waals surface area contributed by atoms with E-state index in [0.717, 1.165) is 4.81 Å². The second-order valence-corrected chi connectivity index (χ2v) is 3.89. The molecule has 1 rings (SSSR count). The molecular formula is C10H17BN2O4. The number of aliphatic imine (C=N–C) groups is 1. The molecule has 1 aliphatic heterocycles. The van der Waals surface area contributed by atoms with Crippen molar-refractivity contribution in [3.8, 4) is 0 Å². The van der Waals surface area contributed by atoms with Crippen molar-refractivity contribution in [2.45, 2.75) is 26.2 Å². The van der Waals surface area contributed by atoms with Crippen LogP contribution in [-0.4, -0.2) is 54.7 Å². The number of carbonyl (C=O) groups is 2. The molecule has 0 bridgehead atoms. The van der Waals surface area contributed by atoms with Gasteiger partial charge in [0.2, 0.25) is 5.91 Å². The van der Waals surface area contributed by atoms with Crippen LogP contribution in [0.15, 0.2) is 4.99 Å². The largest absolute Gasteiger partial charge is 0.464 e. The van der Waals surface area contributed by atoms with E-state index in [1.807, 2.05) is 0 Å². The minimum Gasteiger partial charge on any atom is -0.464 e. The van der Waals surface area contributed by atoms with Gasteiger partial charge in [0.05, 0.1) is 12.5 Å². The lowest BCUT2D eigenvalue weighted by molar-refractivity contribution is -0.149. The van der Waals surface area contributed by atoms with Crippen molar-refractivity contribution >= 4 is 25.1 Å². The molecule has 6 nitrogen and oxygen atoms in total. The van der Waals surface area contributed by atoms with Gasteiger partial charge in [-0.05, 0) is 20.2 Å². The number of rotatable bonds is 4. The summed E-state index contributed by atoms with van der Waals surface area (Å²) in [4.78, 5) is 28.6. The molecule has 2 atom stereocenters. The molecule has 0 saturated carbocycles. The molecule has 1 heterocycles. The average molecular weight is 240 g/mol. The van der Waals surface area contributed by atoms with Gasteiger partial charge in [0.15, 0.2) is 0 Å². The lowest BCUT2D eigenvalue weighted by Crippen LogP contribution is -2.48. The molecule has 17 heavy (non-hydrogen) atoms. The van der Waals surface area contributed by atoms with Crippen LogP contribution in [0.4, 0.5) is 0 Å². The number of esters is 1. The minimum absolute atomic E-state index is 0.254. The lowest BCUT2D eigenvalue weighted by Gasteiger charge is -2.23. The van der Waals surface area contributed by atoms with E-state index in [0.29, 0.717) is 6.42 Å². The Hall–Kier alpha value is -1.37. The number of carbonyl (C=O) groups excluding carboxylic acids is 2. The maximum Gasteiger partial charge on any atom is 0.412 e. The first-order valence-corrected chi connectivity index (χ1v) is 5.62. The van der Waals surface area contributed by atoms with Crippen LogP contribution in [0.25, 0.3) is 0 Å². The Kier molecular flexibility index (Phi) is 4.68. The SMILES string of the molecule is CCOC(=O)[C@H]1CC(C=NC)C(=O)N1B(C)O. The lowest BCUT2D eigenvalue weighted by atomic mass is 9.84. The second-order valence-electron chi connectivity index (χ2n) is 3.89. The summed E-state index contributed by atoms with van der Waals surface area (Å²) in [6.07, 6.45) is 1.80. The fourth-order valence-corrected chi connectivity index (χ4v) is 2.00. The standard InChI is InChI=1S/C10H17BN2O4/c1-4-17-10(15)8-5-7(6-12-3)9(14)13(8)11(2)16/h6-8,16H,4-5H2,1-3H3/t7?,8-/m1/s1. The third-order valence-electron chi connectivity index (χ3n) is 2.67. The molecule has 1 amide bonds. The van der Waals surface area contributed by atoms with Gasteiger partial charge in [0.25, 0.3) is 0 Å². The summed E-state index contributed by atoms with van der Waals surface area (Å²) >= 11 is 0. The Morgan fingerprint density at radius 1 is 1.76 bits per heavy atom. The van der Waals surface area contributed by atoms with Gasteiger partial charge < -0.3 is 19.6 Å². The van der Waals surface area contributed by atoms with Crippen LogP contribution in [0.3, 0.4) is 0 Å². The normalized spacial score (nSPS) is 24.5. The van der Waals surface area contributed by atoms with Crippen molar-refractivity contribution in [3.63, 3.8) is 0 Å². The molecule has 0 aromatic heterocycles. The van der Waals surface area contributed by atoms with Crippen LogP contribution in [0.5, 0.6) is 0 Å². The molecule has 1 N–H and O–H groups in total.